The second-order valence-electron chi connectivity index (χ2n) is 6.48. The van der Waals surface area contributed by atoms with Gasteiger partial charge in [-0.2, -0.15) is 4.98 Å². The van der Waals surface area contributed by atoms with Gasteiger partial charge in [0.1, 0.15) is 5.82 Å². The van der Waals surface area contributed by atoms with Crippen LogP contribution >= 0.6 is 0 Å². The SMILES string of the molecule is CC1(C)CCC2CC(Nc3[nH]c(=O)ncc3F)CCN21. The fraction of sp³-hybridized carbons (Fsp3) is 0.714. The summed E-state index contributed by atoms with van der Waals surface area (Å²) in [4.78, 5) is 19.5. The number of nitrogens with zero attached hydrogens (tertiary/aromatic N) is 2. The quantitative estimate of drug-likeness (QED) is 0.866. The molecule has 0 spiro atoms. The molecule has 5 nitrogen and oxygen atoms in total. The Balaban J connectivity index is 1.69. The number of piperidine rings is 1. The zero-order valence-corrected chi connectivity index (χ0v) is 11.9. The Morgan fingerprint density at radius 1 is 1.50 bits per heavy atom. The number of halogens is 1. The van der Waals surface area contributed by atoms with Gasteiger partial charge in [0, 0.05) is 24.2 Å². The Bertz CT molecular complexity index is 556. The van der Waals surface area contributed by atoms with Gasteiger partial charge in [-0.05, 0) is 39.5 Å². The van der Waals surface area contributed by atoms with Gasteiger partial charge in [0.2, 0.25) is 0 Å². The Morgan fingerprint density at radius 2 is 2.30 bits per heavy atom. The first-order chi connectivity index (χ1) is 9.45. The van der Waals surface area contributed by atoms with E-state index in [0.29, 0.717) is 6.04 Å². The van der Waals surface area contributed by atoms with Crippen LogP contribution in [0.25, 0.3) is 0 Å². The van der Waals surface area contributed by atoms with E-state index in [1.165, 1.54) is 12.8 Å². The number of hydrogen-bond acceptors (Lipinski definition) is 4. The Hall–Kier alpha value is -1.43. The molecule has 2 fully saturated rings. The first kappa shape index (κ1) is 13.5. The van der Waals surface area contributed by atoms with E-state index in [4.69, 9.17) is 0 Å². The van der Waals surface area contributed by atoms with Crippen LogP contribution in [0.4, 0.5) is 10.2 Å². The molecule has 3 rings (SSSR count). The molecule has 2 N–H and O–H groups in total. The number of H-pyrrole nitrogens is 1. The summed E-state index contributed by atoms with van der Waals surface area (Å²) in [5, 5.41) is 3.13. The third-order valence-corrected chi connectivity index (χ3v) is 4.70. The van der Waals surface area contributed by atoms with Gasteiger partial charge in [-0.3, -0.25) is 9.88 Å². The average molecular weight is 280 g/mol. The van der Waals surface area contributed by atoms with Crippen LogP contribution in [0.15, 0.2) is 11.0 Å². The van der Waals surface area contributed by atoms with Crippen molar-refractivity contribution >= 4 is 5.82 Å². The van der Waals surface area contributed by atoms with Crippen LogP contribution in [0, 0.1) is 5.82 Å². The van der Waals surface area contributed by atoms with Crippen LogP contribution in [0.3, 0.4) is 0 Å². The van der Waals surface area contributed by atoms with Crippen molar-refractivity contribution in [2.75, 3.05) is 11.9 Å². The van der Waals surface area contributed by atoms with Crippen LogP contribution in [0.1, 0.15) is 39.5 Å². The van der Waals surface area contributed by atoms with E-state index in [-0.39, 0.29) is 17.4 Å². The van der Waals surface area contributed by atoms with Gasteiger partial charge in [0.05, 0.1) is 6.20 Å². The zero-order chi connectivity index (χ0) is 14.3. The van der Waals surface area contributed by atoms with Crippen LogP contribution in [-0.2, 0) is 0 Å². The highest BCUT2D eigenvalue weighted by Crippen LogP contribution is 2.38. The number of aromatic amines is 1. The maximum atomic E-state index is 13.6. The molecule has 6 heteroatoms. The Kier molecular flexibility index (Phi) is 3.28. The molecule has 2 aliphatic heterocycles. The molecule has 0 saturated carbocycles. The van der Waals surface area contributed by atoms with Crippen molar-refractivity contribution in [2.24, 2.45) is 0 Å². The summed E-state index contributed by atoms with van der Waals surface area (Å²) in [7, 11) is 0. The Labute approximate surface area is 117 Å². The first-order valence-corrected chi connectivity index (χ1v) is 7.24. The molecule has 0 aromatic carbocycles. The van der Waals surface area contributed by atoms with Crippen molar-refractivity contribution in [1.82, 2.24) is 14.9 Å². The van der Waals surface area contributed by atoms with Crippen molar-refractivity contribution in [3.05, 3.63) is 22.5 Å². The largest absolute Gasteiger partial charge is 0.366 e. The van der Waals surface area contributed by atoms with Gasteiger partial charge < -0.3 is 5.32 Å². The molecule has 2 aliphatic rings. The van der Waals surface area contributed by atoms with E-state index in [9.17, 15) is 9.18 Å². The van der Waals surface area contributed by atoms with E-state index >= 15 is 0 Å². The number of nitrogens with one attached hydrogen (secondary N) is 2. The highest BCUT2D eigenvalue weighted by Gasteiger charge is 2.42. The third-order valence-electron chi connectivity index (χ3n) is 4.70. The molecule has 2 saturated heterocycles. The topological polar surface area (TPSA) is 61.0 Å². The van der Waals surface area contributed by atoms with Gasteiger partial charge in [-0.1, -0.05) is 0 Å². The second-order valence-corrected chi connectivity index (χ2v) is 6.48. The fourth-order valence-corrected chi connectivity index (χ4v) is 3.60. The predicted octanol–water partition coefficient (Wildman–Crippen LogP) is 1.73. The fourth-order valence-electron chi connectivity index (χ4n) is 3.60. The van der Waals surface area contributed by atoms with E-state index in [0.717, 1.165) is 25.6 Å². The number of rotatable bonds is 2. The lowest BCUT2D eigenvalue weighted by molar-refractivity contribution is 0.0920. The van der Waals surface area contributed by atoms with Crippen molar-refractivity contribution in [3.63, 3.8) is 0 Å². The molecule has 0 radical (unpaired) electrons. The average Bonchev–Trinajstić information content (AvgIpc) is 2.70. The summed E-state index contributed by atoms with van der Waals surface area (Å²) >= 11 is 0. The minimum Gasteiger partial charge on any atom is -0.366 e. The lowest BCUT2D eigenvalue weighted by Gasteiger charge is -2.42. The highest BCUT2D eigenvalue weighted by molar-refractivity contribution is 5.35. The molecule has 3 heterocycles. The number of anilines is 1. The van der Waals surface area contributed by atoms with E-state index < -0.39 is 11.5 Å². The molecule has 0 bridgehead atoms. The van der Waals surface area contributed by atoms with Crippen molar-refractivity contribution < 1.29 is 4.39 Å². The van der Waals surface area contributed by atoms with E-state index in [2.05, 4.69) is 34.0 Å². The maximum absolute atomic E-state index is 13.6. The monoisotopic (exact) mass is 280 g/mol. The number of hydrogen-bond donors (Lipinski definition) is 2. The lowest BCUT2D eigenvalue weighted by Crippen LogP contribution is -2.50. The zero-order valence-electron chi connectivity index (χ0n) is 11.9. The molecule has 1 aromatic rings. The van der Waals surface area contributed by atoms with Gasteiger partial charge >= 0.3 is 5.69 Å². The van der Waals surface area contributed by atoms with Crippen LogP contribution in [0.5, 0.6) is 0 Å². The summed E-state index contributed by atoms with van der Waals surface area (Å²) in [6.07, 6.45) is 5.33. The molecule has 110 valence electrons. The highest BCUT2D eigenvalue weighted by atomic mass is 19.1. The summed E-state index contributed by atoms with van der Waals surface area (Å²) in [6, 6.07) is 0.769. The van der Waals surface area contributed by atoms with Crippen LogP contribution in [0.2, 0.25) is 0 Å². The van der Waals surface area contributed by atoms with Crippen LogP contribution in [-0.4, -0.2) is 39.0 Å². The molecular weight excluding hydrogens is 259 g/mol. The Morgan fingerprint density at radius 3 is 3.10 bits per heavy atom. The molecule has 2 atom stereocenters. The summed E-state index contributed by atoms with van der Waals surface area (Å²) in [6.45, 7) is 5.60. The third kappa shape index (κ3) is 2.44. The molecule has 0 aliphatic carbocycles. The van der Waals surface area contributed by atoms with Crippen molar-refractivity contribution in [3.8, 4) is 0 Å². The van der Waals surface area contributed by atoms with Crippen molar-refractivity contribution in [2.45, 2.75) is 57.2 Å². The number of aromatic nitrogens is 2. The smallest absolute Gasteiger partial charge is 0.346 e. The normalized spacial score (nSPS) is 29.1. The number of fused-ring (bicyclic) bond motifs is 1. The van der Waals surface area contributed by atoms with Crippen LogP contribution < -0.4 is 11.0 Å². The molecule has 2 unspecified atom stereocenters. The molecule has 1 aromatic heterocycles. The molecular formula is C14H21FN4O. The minimum absolute atomic E-state index is 0.167. The molecule has 0 amide bonds. The lowest BCUT2D eigenvalue weighted by atomic mass is 9.97. The van der Waals surface area contributed by atoms with E-state index in [1.807, 2.05) is 0 Å². The minimum atomic E-state index is -0.520. The van der Waals surface area contributed by atoms with Crippen molar-refractivity contribution in [1.29, 1.82) is 0 Å². The first-order valence-electron chi connectivity index (χ1n) is 7.24. The van der Waals surface area contributed by atoms with Gasteiger partial charge in [-0.15, -0.1) is 0 Å². The summed E-state index contributed by atoms with van der Waals surface area (Å²) in [5.41, 5.74) is -0.236. The summed E-state index contributed by atoms with van der Waals surface area (Å²) < 4.78 is 13.6. The summed E-state index contributed by atoms with van der Waals surface area (Å²) in [5.74, 6) is -0.334. The maximum Gasteiger partial charge on any atom is 0.346 e. The van der Waals surface area contributed by atoms with Gasteiger partial charge in [0.25, 0.3) is 0 Å². The molecule has 20 heavy (non-hydrogen) atoms. The van der Waals surface area contributed by atoms with Gasteiger partial charge in [0.15, 0.2) is 5.82 Å². The van der Waals surface area contributed by atoms with Gasteiger partial charge in [-0.25, -0.2) is 9.18 Å². The predicted molar refractivity (Wildman–Crippen MR) is 75.3 cm³/mol. The standard InChI is InChI=1S/C14H21FN4O/c1-14(2)5-3-10-7-9(4-6-19(10)14)17-12-11(15)8-16-13(20)18-12/h8-10H,3-7H2,1-2H3,(H2,16,17,18,20). The second kappa shape index (κ2) is 4.84. The van der Waals surface area contributed by atoms with E-state index in [1.54, 1.807) is 0 Å².